The highest BCUT2D eigenvalue weighted by molar-refractivity contribution is 5.27. The highest BCUT2D eigenvalue weighted by Gasteiger charge is 2.07. The minimum absolute atomic E-state index is 0.442. The monoisotopic (exact) mass is 258 g/mol. The summed E-state index contributed by atoms with van der Waals surface area (Å²) in [5, 5.41) is 3.33. The lowest BCUT2D eigenvalue weighted by Gasteiger charge is -2.11. The summed E-state index contributed by atoms with van der Waals surface area (Å²) < 4.78 is 7.39. The van der Waals surface area contributed by atoms with Gasteiger partial charge in [-0.25, -0.2) is 0 Å². The zero-order valence-corrected chi connectivity index (χ0v) is 11.9. The van der Waals surface area contributed by atoms with Crippen LogP contribution in [0.4, 0.5) is 0 Å². The van der Waals surface area contributed by atoms with Gasteiger partial charge in [-0.2, -0.15) is 0 Å². The quantitative estimate of drug-likeness (QED) is 0.861. The lowest BCUT2D eigenvalue weighted by molar-refractivity contribution is 0.414. The summed E-state index contributed by atoms with van der Waals surface area (Å²) in [7, 11) is 3.70. The number of nitrogens with one attached hydrogen (secondary N) is 1. The molecule has 1 unspecified atom stereocenters. The largest absolute Gasteiger partial charge is 0.497 e. The van der Waals surface area contributed by atoms with Crippen LogP contribution in [0.25, 0.3) is 0 Å². The number of rotatable bonds is 6. The Morgan fingerprint density at radius 2 is 1.95 bits per heavy atom. The van der Waals surface area contributed by atoms with Crippen molar-refractivity contribution in [3.05, 3.63) is 53.9 Å². The number of benzene rings is 1. The number of ether oxygens (including phenoxy) is 1. The van der Waals surface area contributed by atoms with Gasteiger partial charge in [0, 0.05) is 25.0 Å². The van der Waals surface area contributed by atoms with Gasteiger partial charge in [0.1, 0.15) is 5.75 Å². The Hall–Kier alpha value is -1.74. The molecule has 2 aromatic rings. The van der Waals surface area contributed by atoms with E-state index in [0.717, 1.165) is 18.7 Å². The van der Waals surface area contributed by atoms with Crippen LogP contribution in [-0.4, -0.2) is 18.7 Å². The lowest BCUT2D eigenvalue weighted by atomic mass is 10.1. The molecule has 1 heterocycles. The molecule has 3 heteroatoms. The standard InChI is InChI=1S/C16H22N2O/c1-4-16(17-2)14-9-10-18(12-14)11-13-5-7-15(19-3)8-6-13/h5-10,12,16-17H,4,11H2,1-3H3. The van der Waals surface area contributed by atoms with E-state index in [1.54, 1.807) is 7.11 Å². The Bertz CT molecular complexity index is 498. The number of hydrogen-bond acceptors (Lipinski definition) is 2. The van der Waals surface area contributed by atoms with Crippen molar-refractivity contribution in [2.75, 3.05) is 14.2 Å². The number of nitrogens with zero attached hydrogens (tertiary/aromatic N) is 1. The van der Waals surface area contributed by atoms with E-state index in [4.69, 9.17) is 4.74 Å². The van der Waals surface area contributed by atoms with Crippen LogP contribution in [0.3, 0.4) is 0 Å². The van der Waals surface area contributed by atoms with Crippen molar-refractivity contribution < 1.29 is 4.74 Å². The number of methoxy groups -OCH3 is 1. The van der Waals surface area contributed by atoms with Crippen LogP contribution < -0.4 is 10.1 Å². The number of hydrogen-bond donors (Lipinski definition) is 1. The van der Waals surface area contributed by atoms with Crippen LogP contribution in [0.5, 0.6) is 5.75 Å². The van der Waals surface area contributed by atoms with Crippen molar-refractivity contribution in [2.24, 2.45) is 0 Å². The molecule has 0 aliphatic rings. The van der Waals surface area contributed by atoms with Crippen LogP contribution >= 0.6 is 0 Å². The summed E-state index contributed by atoms with van der Waals surface area (Å²) in [5.74, 6) is 0.901. The zero-order chi connectivity index (χ0) is 13.7. The first-order valence-corrected chi connectivity index (χ1v) is 6.72. The first-order valence-electron chi connectivity index (χ1n) is 6.72. The second kappa shape index (κ2) is 6.43. The second-order valence-corrected chi connectivity index (χ2v) is 4.71. The third-order valence-electron chi connectivity index (χ3n) is 3.46. The predicted octanol–water partition coefficient (Wildman–Crippen LogP) is 3.22. The first-order chi connectivity index (χ1) is 9.26. The van der Waals surface area contributed by atoms with Gasteiger partial charge >= 0.3 is 0 Å². The van der Waals surface area contributed by atoms with Gasteiger partial charge in [0.15, 0.2) is 0 Å². The molecule has 0 saturated carbocycles. The van der Waals surface area contributed by atoms with E-state index in [1.165, 1.54) is 11.1 Å². The molecule has 0 amide bonds. The Morgan fingerprint density at radius 1 is 1.21 bits per heavy atom. The highest BCUT2D eigenvalue weighted by atomic mass is 16.5. The molecule has 1 atom stereocenters. The summed E-state index contributed by atoms with van der Waals surface area (Å²) >= 11 is 0. The van der Waals surface area contributed by atoms with E-state index in [9.17, 15) is 0 Å². The third kappa shape index (κ3) is 3.38. The van der Waals surface area contributed by atoms with E-state index in [-0.39, 0.29) is 0 Å². The Labute approximate surface area is 115 Å². The fourth-order valence-corrected chi connectivity index (χ4v) is 2.31. The zero-order valence-electron chi connectivity index (χ0n) is 11.9. The van der Waals surface area contributed by atoms with E-state index < -0.39 is 0 Å². The normalized spacial score (nSPS) is 12.4. The smallest absolute Gasteiger partial charge is 0.118 e. The Balaban J connectivity index is 2.06. The topological polar surface area (TPSA) is 26.2 Å². The molecular formula is C16H22N2O. The molecule has 1 aromatic carbocycles. The highest BCUT2D eigenvalue weighted by Crippen LogP contribution is 2.18. The van der Waals surface area contributed by atoms with Crippen molar-refractivity contribution in [2.45, 2.75) is 25.9 Å². The van der Waals surface area contributed by atoms with Crippen LogP contribution in [0.2, 0.25) is 0 Å². The molecular weight excluding hydrogens is 236 g/mol. The fraction of sp³-hybridized carbons (Fsp3) is 0.375. The molecule has 0 aliphatic carbocycles. The van der Waals surface area contributed by atoms with E-state index in [0.29, 0.717) is 6.04 Å². The van der Waals surface area contributed by atoms with Crippen molar-refractivity contribution in [3.63, 3.8) is 0 Å². The van der Waals surface area contributed by atoms with Gasteiger partial charge in [0.2, 0.25) is 0 Å². The Kier molecular flexibility index (Phi) is 4.63. The molecule has 0 bridgehead atoms. The van der Waals surface area contributed by atoms with Crippen molar-refractivity contribution in [1.29, 1.82) is 0 Å². The molecule has 0 saturated heterocycles. The van der Waals surface area contributed by atoms with Crippen LogP contribution in [0.15, 0.2) is 42.7 Å². The summed E-state index contributed by atoms with van der Waals surface area (Å²) in [4.78, 5) is 0. The molecule has 1 aromatic heterocycles. The molecule has 0 radical (unpaired) electrons. The van der Waals surface area contributed by atoms with E-state index >= 15 is 0 Å². The van der Waals surface area contributed by atoms with E-state index in [1.807, 2.05) is 19.2 Å². The summed E-state index contributed by atoms with van der Waals surface area (Å²) in [6, 6.07) is 10.8. The van der Waals surface area contributed by atoms with Crippen LogP contribution in [0.1, 0.15) is 30.5 Å². The van der Waals surface area contributed by atoms with Gasteiger partial charge in [0.05, 0.1) is 7.11 Å². The minimum Gasteiger partial charge on any atom is -0.497 e. The molecule has 0 spiro atoms. The molecule has 0 aliphatic heterocycles. The van der Waals surface area contributed by atoms with Crippen molar-refractivity contribution in [3.8, 4) is 5.75 Å². The maximum absolute atomic E-state index is 5.17. The molecule has 3 nitrogen and oxygen atoms in total. The van der Waals surface area contributed by atoms with Crippen LogP contribution in [-0.2, 0) is 6.54 Å². The average molecular weight is 258 g/mol. The third-order valence-corrected chi connectivity index (χ3v) is 3.46. The van der Waals surface area contributed by atoms with Crippen molar-refractivity contribution >= 4 is 0 Å². The summed E-state index contributed by atoms with van der Waals surface area (Å²) in [6.45, 7) is 3.09. The van der Waals surface area contributed by atoms with Gasteiger partial charge in [-0.15, -0.1) is 0 Å². The number of aromatic nitrogens is 1. The second-order valence-electron chi connectivity index (χ2n) is 4.71. The lowest BCUT2D eigenvalue weighted by Crippen LogP contribution is -2.14. The fourth-order valence-electron chi connectivity index (χ4n) is 2.31. The first kappa shape index (κ1) is 13.7. The molecule has 19 heavy (non-hydrogen) atoms. The van der Waals surface area contributed by atoms with Gasteiger partial charge < -0.3 is 14.6 Å². The summed E-state index contributed by atoms with van der Waals surface area (Å²) in [5.41, 5.74) is 2.62. The van der Waals surface area contributed by atoms with Crippen molar-refractivity contribution in [1.82, 2.24) is 9.88 Å². The SMILES string of the molecule is CCC(NC)c1ccn(Cc2ccc(OC)cc2)c1. The van der Waals surface area contributed by atoms with E-state index in [2.05, 4.69) is 47.4 Å². The average Bonchev–Trinajstić information content (AvgIpc) is 2.89. The van der Waals surface area contributed by atoms with Gasteiger partial charge in [-0.3, -0.25) is 0 Å². The maximum Gasteiger partial charge on any atom is 0.118 e. The summed E-state index contributed by atoms with van der Waals surface area (Å²) in [6.07, 6.45) is 5.46. The van der Waals surface area contributed by atoms with Gasteiger partial charge in [0.25, 0.3) is 0 Å². The minimum atomic E-state index is 0.442. The Morgan fingerprint density at radius 3 is 2.53 bits per heavy atom. The molecule has 1 N–H and O–H groups in total. The molecule has 102 valence electrons. The van der Waals surface area contributed by atoms with Gasteiger partial charge in [-0.05, 0) is 42.8 Å². The molecule has 2 rings (SSSR count). The van der Waals surface area contributed by atoms with Crippen LogP contribution in [0, 0.1) is 0 Å². The molecule has 0 fully saturated rings. The predicted molar refractivity (Wildman–Crippen MR) is 78.6 cm³/mol. The van der Waals surface area contributed by atoms with Gasteiger partial charge in [-0.1, -0.05) is 19.1 Å². The maximum atomic E-state index is 5.17.